The SMILES string of the molecule is COCCCN1CCOc2ccc(CO[C@H]3CN(C(=O)OC(C)(C)C)CC[C@]3(OCC#N)c3ccc(COC[C@@H](C)COC)cc3)cc21. The molecule has 0 saturated carbocycles. The molecule has 0 unspecified atom stereocenters. The molecule has 264 valence electrons. The van der Waals surface area contributed by atoms with Crippen molar-refractivity contribution in [3.05, 3.63) is 59.2 Å². The van der Waals surface area contributed by atoms with Gasteiger partial charge in [-0.25, -0.2) is 4.79 Å². The van der Waals surface area contributed by atoms with Gasteiger partial charge in [0.05, 0.1) is 51.3 Å². The number of nitrogens with zero attached hydrogens (tertiary/aromatic N) is 3. The van der Waals surface area contributed by atoms with Crippen molar-refractivity contribution in [2.45, 2.75) is 71.1 Å². The molecule has 3 atom stereocenters. The largest absolute Gasteiger partial charge is 0.490 e. The quantitative estimate of drug-likeness (QED) is 0.207. The number of hydrogen-bond acceptors (Lipinski definition) is 10. The second kappa shape index (κ2) is 17.8. The van der Waals surface area contributed by atoms with Crippen molar-refractivity contribution in [1.82, 2.24) is 4.90 Å². The Balaban J connectivity index is 1.58. The van der Waals surface area contributed by atoms with Gasteiger partial charge in [0.25, 0.3) is 0 Å². The molecule has 0 bridgehead atoms. The molecule has 1 fully saturated rings. The second-order valence-electron chi connectivity index (χ2n) is 13.6. The van der Waals surface area contributed by atoms with Crippen molar-refractivity contribution < 1.29 is 38.0 Å². The van der Waals surface area contributed by atoms with Gasteiger partial charge in [0.2, 0.25) is 0 Å². The summed E-state index contributed by atoms with van der Waals surface area (Å²) in [5.74, 6) is 1.14. The number of anilines is 1. The van der Waals surface area contributed by atoms with Gasteiger partial charge in [-0.1, -0.05) is 37.3 Å². The molecule has 2 aromatic rings. The van der Waals surface area contributed by atoms with Crippen molar-refractivity contribution in [3.63, 3.8) is 0 Å². The van der Waals surface area contributed by atoms with Crippen LogP contribution in [0.4, 0.5) is 10.5 Å². The van der Waals surface area contributed by atoms with E-state index in [1.807, 2.05) is 57.2 Å². The highest BCUT2D eigenvalue weighted by molar-refractivity contribution is 5.68. The normalized spacial score (nSPS) is 20.1. The number of amides is 1. The fourth-order valence-corrected chi connectivity index (χ4v) is 6.15. The molecule has 4 rings (SSSR count). The molecule has 11 nitrogen and oxygen atoms in total. The minimum atomic E-state index is -0.968. The van der Waals surface area contributed by atoms with Crippen molar-refractivity contribution >= 4 is 11.8 Å². The maximum absolute atomic E-state index is 13.2. The number of ether oxygens (including phenoxy) is 7. The lowest BCUT2D eigenvalue weighted by Crippen LogP contribution is -2.57. The van der Waals surface area contributed by atoms with Crippen molar-refractivity contribution in [2.75, 3.05) is 78.3 Å². The standard InChI is InChI=1S/C37H53N3O8/c1-28(24-43-6)25-44-26-29-8-11-31(12-9-29)37(47-20-15-38)14-17-40(35(41)48-36(2,3)4)23-34(37)46-27-30-10-13-33-32(22-30)39(18-21-45-33)16-7-19-42-5/h8-13,22,28,34H,7,14,16-21,23-27H2,1-6H3/t28-,34-,37-/m0/s1. The Morgan fingerprint density at radius 3 is 2.54 bits per heavy atom. The van der Waals surface area contributed by atoms with Crippen LogP contribution in [0.15, 0.2) is 42.5 Å². The number of methoxy groups -OCH3 is 2. The molecule has 2 aliphatic rings. The van der Waals surface area contributed by atoms with Gasteiger partial charge in [0.15, 0.2) is 0 Å². The number of carbonyl (C=O) groups excluding carboxylic acids is 1. The third-order valence-corrected chi connectivity index (χ3v) is 8.48. The number of rotatable bonds is 16. The summed E-state index contributed by atoms with van der Waals surface area (Å²) in [5.41, 5.74) is 2.29. The minimum absolute atomic E-state index is 0.124. The van der Waals surface area contributed by atoms with Gasteiger partial charge in [-0.05, 0) is 56.0 Å². The Labute approximate surface area is 285 Å². The van der Waals surface area contributed by atoms with Gasteiger partial charge < -0.3 is 43.0 Å². The van der Waals surface area contributed by atoms with E-state index in [9.17, 15) is 10.1 Å². The third-order valence-electron chi connectivity index (χ3n) is 8.48. The van der Waals surface area contributed by atoms with E-state index in [1.165, 1.54) is 0 Å². The molecule has 0 spiro atoms. The predicted molar refractivity (Wildman–Crippen MR) is 182 cm³/mol. The average Bonchev–Trinajstić information content (AvgIpc) is 3.06. The smallest absolute Gasteiger partial charge is 0.410 e. The summed E-state index contributed by atoms with van der Waals surface area (Å²) in [7, 11) is 3.41. The van der Waals surface area contributed by atoms with E-state index in [0.717, 1.165) is 47.6 Å². The van der Waals surface area contributed by atoms with E-state index in [2.05, 4.69) is 24.0 Å². The lowest BCUT2D eigenvalue weighted by molar-refractivity contribution is -0.179. The van der Waals surface area contributed by atoms with E-state index >= 15 is 0 Å². The van der Waals surface area contributed by atoms with Crippen LogP contribution in [0, 0.1) is 17.2 Å². The number of piperidine rings is 1. The Hall–Kier alpha value is -3.40. The fraction of sp³-hybridized carbons (Fsp3) is 0.622. The molecule has 1 amide bonds. The number of carbonyl (C=O) groups is 1. The highest BCUT2D eigenvalue weighted by atomic mass is 16.6. The zero-order valence-corrected chi connectivity index (χ0v) is 29.5. The summed E-state index contributed by atoms with van der Waals surface area (Å²) in [6.45, 7) is 13.1. The van der Waals surface area contributed by atoms with Crippen molar-refractivity contribution in [1.29, 1.82) is 5.26 Å². The minimum Gasteiger partial charge on any atom is -0.490 e. The zero-order valence-electron chi connectivity index (χ0n) is 29.5. The number of nitriles is 1. The Morgan fingerprint density at radius 1 is 1.06 bits per heavy atom. The topological polar surface area (TPSA) is 112 Å². The van der Waals surface area contributed by atoms with Gasteiger partial charge in [-0.2, -0.15) is 5.26 Å². The highest BCUT2D eigenvalue weighted by Gasteiger charge is 2.48. The first kappa shape index (κ1) is 37.4. The summed E-state index contributed by atoms with van der Waals surface area (Å²) in [6, 6.07) is 16.3. The van der Waals surface area contributed by atoms with Crippen LogP contribution in [0.2, 0.25) is 0 Å². The van der Waals surface area contributed by atoms with Crippen LogP contribution < -0.4 is 9.64 Å². The first-order valence-corrected chi connectivity index (χ1v) is 16.8. The van der Waals surface area contributed by atoms with Gasteiger partial charge in [-0.15, -0.1) is 0 Å². The zero-order chi connectivity index (χ0) is 34.6. The summed E-state index contributed by atoms with van der Waals surface area (Å²) < 4.78 is 41.2. The van der Waals surface area contributed by atoms with Crippen LogP contribution in [-0.2, 0) is 47.2 Å². The van der Waals surface area contributed by atoms with Crippen molar-refractivity contribution in [3.8, 4) is 11.8 Å². The lowest BCUT2D eigenvalue weighted by Gasteiger charge is -2.47. The maximum atomic E-state index is 13.2. The number of likely N-dealkylation sites (tertiary alicyclic amines) is 1. The Kier molecular flexibility index (Phi) is 13.9. The van der Waals surface area contributed by atoms with E-state index in [4.69, 9.17) is 33.2 Å². The van der Waals surface area contributed by atoms with Crippen LogP contribution in [0.3, 0.4) is 0 Å². The van der Waals surface area contributed by atoms with E-state index in [1.54, 1.807) is 19.1 Å². The Bertz CT molecular complexity index is 1340. The molecule has 1 saturated heterocycles. The number of hydrogen-bond donors (Lipinski definition) is 0. The molecule has 2 heterocycles. The molecular formula is C37H53N3O8. The first-order chi connectivity index (χ1) is 23.1. The maximum Gasteiger partial charge on any atom is 0.410 e. The van der Waals surface area contributed by atoms with Crippen LogP contribution >= 0.6 is 0 Å². The molecule has 0 aromatic heterocycles. The van der Waals surface area contributed by atoms with E-state index in [-0.39, 0.29) is 19.8 Å². The molecule has 2 aliphatic heterocycles. The molecular weight excluding hydrogens is 614 g/mol. The fourth-order valence-electron chi connectivity index (χ4n) is 6.15. The van der Waals surface area contributed by atoms with Crippen LogP contribution in [0.5, 0.6) is 5.75 Å². The molecule has 0 N–H and O–H groups in total. The van der Waals surface area contributed by atoms with Gasteiger partial charge >= 0.3 is 6.09 Å². The summed E-state index contributed by atoms with van der Waals surface area (Å²) in [4.78, 5) is 17.2. The number of fused-ring (bicyclic) bond motifs is 1. The molecule has 11 heteroatoms. The van der Waals surface area contributed by atoms with Crippen molar-refractivity contribution in [2.24, 2.45) is 5.92 Å². The van der Waals surface area contributed by atoms with Crippen LogP contribution in [0.1, 0.15) is 57.2 Å². The highest BCUT2D eigenvalue weighted by Crippen LogP contribution is 2.40. The molecule has 2 aromatic carbocycles. The molecule has 0 aliphatic carbocycles. The molecule has 48 heavy (non-hydrogen) atoms. The van der Waals surface area contributed by atoms with E-state index < -0.39 is 23.4 Å². The average molecular weight is 668 g/mol. The second-order valence-corrected chi connectivity index (χ2v) is 13.6. The first-order valence-electron chi connectivity index (χ1n) is 16.8. The van der Waals surface area contributed by atoms with E-state index in [0.29, 0.717) is 51.9 Å². The monoisotopic (exact) mass is 667 g/mol. The van der Waals surface area contributed by atoms with Gasteiger partial charge in [0.1, 0.15) is 36.3 Å². The predicted octanol–water partition coefficient (Wildman–Crippen LogP) is 5.68. The van der Waals surface area contributed by atoms with Gasteiger partial charge in [0, 0.05) is 46.3 Å². The van der Waals surface area contributed by atoms with Crippen LogP contribution in [-0.4, -0.2) is 96.1 Å². The summed E-state index contributed by atoms with van der Waals surface area (Å²) >= 11 is 0. The Morgan fingerprint density at radius 2 is 1.83 bits per heavy atom. The third kappa shape index (κ3) is 10.3. The van der Waals surface area contributed by atoms with Gasteiger partial charge in [-0.3, -0.25) is 0 Å². The van der Waals surface area contributed by atoms with Crippen LogP contribution in [0.25, 0.3) is 0 Å². The lowest BCUT2D eigenvalue weighted by atomic mass is 9.81. The summed E-state index contributed by atoms with van der Waals surface area (Å²) in [5, 5.41) is 9.61. The molecule has 0 radical (unpaired) electrons. The number of benzene rings is 2. The summed E-state index contributed by atoms with van der Waals surface area (Å²) in [6.07, 6.45) is 0.344.